The fourth-order valence-electron chi connectivity index (χ4n) is 4.38. The molecule has 0 bridgehead atoms. The molecule has 2 aromatic carbocycles. The predicted molar refractivity (Wildman–Crippen MR) is 113 cm³/mol. The van der Waals surface area contributed by atoms with Gasteiger partial charge in [-0.2, -0.15) is 0 Å². The molecule has 0 saturated carbocycles. The molecule has 29 heavy (non-hydrogen) atoms. The minimum Gasteiger partial charge on any atom is -0.493 e. The lowest BCUT2D eigenvalue weighted by atomic mass is 9.81. The van der Waals surface area contributed by atoms with Gasteiger partial charge in [-0.3, -0.25) is 9.79 Å². The van der Waals surface area contributed by atoms with Crippen LogP contribution < -0.4 is 9.47 Å². The van der Waals surface area contributed by atoms with Gasteiger partial charge in [-0.1, -0.05) is 24.3 Å². The summed E-state index contributed by atoms with van der Waals surface area (Å²) in [5.41, 5.74) is 5.67. The largest absolute Gasteiger partial charge is 0.493 e. The molecule has 0 radical (unpaired) electrons. The van der Waals surface area contributed by atoms with E-state index in [9.17, 15) is 4.79 Å². The van der Waals surface area contributed by atoms with Crippen LogP contribution in [0.4, 0.5) is 0 Å². The Morgan fingerprint density at radius 1 is 1.17 bits per heavy atom. The van der Waals surface area contributed by atoms with Gasteiger partial charge >= 0.3 is 5.97 Å². The number of methoxy groups -OCH3 is 1. The smallest absolute Gasteiger partial charge is 0.307 e. The van der Waals surface area contributed by atoms with Gasteiger partial charge in [0.05, 0.1) is 24.8 Å². The molecule has 0 unspecified atom stereocenters. The van der Waals surface area contributed by atoms with Crippen LogP contribution >= 0.6 is 0 Å². The zero-order valence-corrected chi connectivity index (χ0v) is 17.6. The van der Waals surface area contributed by atoms with E-state index in [1.807, 2.05) is 24.3 Å². The normalized spacial score (nSPS) is 18.3. The number of nitrogens with zero attached hydrogens (tertiary/aromatic N) is 1. The summed E-state index contributed by atoms with van der Waals surface area (Å²) in [7, 11) is 1.68. The monoisotopic (exact) mass is 393 g/mol. The maximum Gasteiger partial charge on any atom is 0.307 e. The lowest BCUT2D eigenvalue weighted by Gasteiger charge is -2.31. The first-order valence-electron chi connectivity index (χ1n) is 9.92. The maximum absolute atomic E-state index is 11.0. The Morgan fingerprint density at radius 3 is 2.48 bits per heavy atom. The molecule has 1 N–H and O–H groups in total. The first-order valence-corrected chi connectivity index (χ1v) is 9.92. The van der Waals surface area contributed by atoms with Crippen molar-refractivity contribution in [3.8, 4) is 11.5 Å². The molecule has 152 valence electrons. The second-order valence-corrected chi connectivity index (χ2v) is 9.18. The van der Waals surface area contributed by atoms with Gasteiger partial charge in [0.25, 0.3) is 0 Å². The Kier molecular flexibility index (Phi) is 4.45. The molecule has 2 aliphatic rings. The SMILES string of the molecule is COc1cc2c(c3c1OC(C)(C)C3)C(c1ccc(CC(=O)O)cc1)=NC(C)(C)C2. The number of carboxylic acid groups (broad SMARTS) is 1. The lowest BCUT2D eigenvalue weighted by Crippen LogP contribution is -2.30. The summed E-state index contributed by atoms with van der Waals surface area (Å²) in [6.45, 7) is 8.44. The number of ether oxygens (including phenoxy) is 2. The standard InChI is InChI=1S/C24H27NO4/c1-23(2)12-16-11-18(28-5)22-17(13-24(3,4)29-22)20(16)21(25-23)15-8-6-14(7-9-15)10-19(26)27/h6-9,11H,10,12-13H2,1-5H3,(H,26,27). The topological polar surface area (TPSA) is 68.1 Å². The number of rotatable bonds is 4. The van der Waals surface area contributed by atoms with Crippen LogP contribution in [0, 0.1) is 0 Å². The van der Waals surface area contributed by atoms with E-state index in [0.717, 1.165) is 52.3 Å². The van der Waals surface area contributed by atoms with Crippen molar-refractivity contribution in [2.24, 2.45) is 4.99 Å². The Balaban J connectivity index is 1.88. The van der Waals surface area contributed by atoms with Crippen LogP contribution in [0.2, 0.25) is 0 Å². The van der Waals surface area contributed by atoms with E-state index < -0.39 is 5.97 Å². The summed E-state index contributed by atoms with van der Waals surface area (Å²) in [5.74, 6) is 0.757. The average Bonchev–Trinajstić information content (AvgIpc) is 2.94. The molecule has 0 saturated heterocycles. The number of aliphatic carboxylic acids is 1. The highest BCUT2D eigenvalue weighted by Gasteiger charge is 2.39. The highest BCUT2D eigenvalue weighted by Crippen LogP contribution is 2.47. The molecule has 0 aromatic heterocycles. The van der Waals surface area contributed by atoms with Gasteiger partial charge in [0.1, 0.15) is 5.60 Å². The van der Waals surface area contributed by atoms with Crippen LogP contribution in [0.1, 0.15) is 55.5 Å². The fraction of sp³-hybridized carbons (Fsp3) is 0.417. The maximum atomic E-state index is 11.0. The van der Waals surface area contributed by atoms with E-state index in [2.05, 4.69) is 33.8 Å². The van der Waals surface area contributed by atoms with Gasteiger partial charge in [0, 0.05) is 23.1 Å². The van der Waals surface area contributed by atoms with Crippen LogP contribution in [0.15, 0.2) is 35.3 Å². The minimum absolute atomic E-state index is 0.0173. The summed E-state index contributed by atoms with van der Waals surface area (Å²) >= 11 is 0. The number of benzene rings is 2. The molecule has 5 nitrogen and oxygen atoms in total. The van der Waals surface area contributed by atoms with Gasteiger partial charge in [0.15, 0.2) is 11.5 Å². The van der Waals surface area contributed by atoms with E-state index >= 15 is 0 Å². The van der Waals surface area contributed by atoms with Gasteiger partial charge in [0.2, 0.25) is 0 Å². The molecule has 0 spiro atoms. The fourth-order valence-corrected chi connectivity index (χ4v) is 4.38. The van der Waals surface area contributed by atoms with Crippen molar-refractivity contribution < 1.29 is 19.4 Å². The third-order valence-electron chi connectivity index (χ3n) is 5.48. The summed E-state index contributed by atoms with van der Waals surface area (Å²) < 4.78 is 11.9. The Labute approximate surface area is 171 Å². The van der Waals surface area contributed by atoms with Crippen molar-refractivity contribution in [3.63, 3.8) is 0 Å². The molecular formula is C24H27NO4. The molecule has 2 aliphatic heterocycles. The second kappa shape index (κ2) is 6.61. The number of aliphatic imine (C=N–C) groups is 1. The van der Waals surface area contributed by atoms with E-state index in [1.54, 1.807) is 7.11 Å². The minimum atomic E-state index is -0.830. The molecule has 2 heterocycles. The molecule has 0 aliphatic carbocycles. The highest BCUT2D eigenvalue weighted by molar-refractivity contribution is 6.16. The van der Waals surface area contributed by atoms with Crippen molar-refractivity contribution in [2.45, 2.75) is 58.1 Å². The molecule has 0 fully saturated rings. The van der Waals surface area contributed by atoms with Gasteiger partial charge in [-0.15, -0.1) is 0 Å². The molecule has 5 heteroatoms. The van der Waals surface area contributed by atoms with Crippen LogP contribution in [0.3, 0.4) is 0 Å². The molecule has 0 amide bonds. The van der Waals surface area contributed by atoms with Crippen LogP contribution in [-0.2, 0) is 24.1 Å². The Hall–Kier alpha value is -2.82. The van der Waals surface area contributed by atoms with Crippen LogP contribution in [0.25, 0.3) is 0 Å². The molecule has 4 rings (SSSR count). The lowest BCUT2D eigenvalue weighted by molar-refractivity contribution is -0.136. The van der Waals surface area contributed by atoms with Gasteiger partial charge < -0.3 is 14.6 Å². The molecule has 0 atom stereocenters. The Morgan fingerprint density at radius 2 is 1.86 bits per heavy atom. The van der Waals surface area contributed by atoms with Crippen molar-refractivity contribution in [2.75, 3.05) is 7.11 Å². The number of hydrogen-bond acceptors (Lipinski definition) is 4. The number of carbonyl (C=O) groups is 1. The number of hydrogen-bond donors (Lipinski definition) is 1. The van der Waals surface area contributed by atoms with E-state index in [-0.39, 0.29) is 17.6 Å². The number of fused-ring (bicyclic) bond motifs is 3. The van der Waals surface area contributed by atoms with E-state index in [0.29, 0.717) is 0 Å². The van der Waals surface area contributed by atoms with Gasteiger partial charge in [-0.05, 0) is 51.3 Å². The third-order valence-corrected chi connectivity index (χ3v) is 5.48. The molecule has 2 aromatic rings. The van der Waals surface area contributed by atoms with Crippen molar-refractivity contribution >= 4 is 11.7 Å². The summed E-state index contributed by atoms with van der Waals surface area (Å²) in [5, 5.41) is 9.04. The van der Waals surface area contributed by atoms with Crippen LogP contribution in [-0.4, -0.2) is 35.0 Å². The predicted octanol–water partition coefficient (Wildman–Crippen LogP) is 4.21. The highest BCUT2D eigenvalue weighted by atomic mass is 16.5. The molecular weight excluding hydrogens is 366 g/mol. The van der Waals surface area contributed by atoms with Crippen molar-refractivity contribution in [3.05, 3.63) is 58.1 Å². The second-order valence-electron chi connectivity index (χ2n) is 9.18. The average molecular weight is 393 g/mol. The van der Waals surface area contributed by atoms with Gasteiger partial charge in [-0.25, -0.2) is 0 Å². The van der Waals surface area contributed by atoms with E-state index in [1.165, 1.54) is 5.56 Å². The first-order chi connectivity index (χ1) is 13.6. The number of carboxylic acids is 1. The Bertz CT molecular complexity index is 1020. The summed E-state index contributed by atoms with van der Waals surface area (Å²) in [4.78, 5) is 16.1. The van der Waals surface area contributed by atoms with Crippen molar-refractivity contribution in [1.82, 2.24) is 0 Å². The summed E-state index contributed by atoms with van der Waals surface area (Å²) in [6, 6.07) is 9.78. The first kappa shape index (κ1) is 19.5. The van der Waals surface area contributed by atoms with Crippen molar-refractivity contribution in [1.29, 1.82) is 0 Å². The van der Waals surface area contributed by atoms with E-state index in [4.69, 9.17) is 19.6 Å². The third kappa shape index (κ3) is 3.61. The summed E-state index contributed by atoms with van der Waals surface area (Å²) in [6.07, 6.45) is 1.63. The van der Waals surface area contributed by atoms with Crippen LogP contribution in [0.5, 0.6) is 11.5 Å². The zero-order valence-electron chi connectivity index (χ0n) is 17.6. The zero-order chi connectivity index (χ0) is 21.0. The quantitative estimate of drug-likeness (QED) is 0.845.